The fraction of sp³-hybridized carbons (Fsp3) is 0.722. The molecule has 30 heavy (non-hydrogen) atoms. The van der Waals surface area contributed by atoms with Crippen molar-refractivity contribution in [3.63, 3.8) is 0 Å². The third-order valence-corrected chi connectivity index (χ3v) is 5.10. The van der Waals surface area contributed by atoms with Crippen molar-refractivity contribution in [1.82, 2.24) is 16.0 Å². The Morgan fingerprint density at radius 2 is 1.60 bits per heavy atom. The quantitative estimate of drug-likeness (QED) is 0.185. The molecule has 0 aliphatic heterocycles. The first-order valence-corrected chi connectivity index (χ1v) is 11.0. The summed E-state index contributed by atoms with van der Waals surface area (Å²) in [7, 11) is 0. The number of nitrogens with one attached hydrogen (secondary N) is 3. The van der Waals surface area contributed by atoms with Crippen LogP contribution in [0.3, 0.4) is 0 Å². The van der Waals surface area contributed by atoms with Gasteiger partial charge in [-0.1, -0.05) is 20.3 Å². The second kappa shape index (κ2) is 14.6. The second-order valence-corrected chi connectivity index (χ2v) is 7.85. The summed E-state index contributed by atoms with van der Waals surface area (Å²) in [6, 6.07) is -3.04. The molecule has 0 fully saturated rings. The van der Waals surface area contributed by atoms with Gasteiger partial charge in [-0.15, -0.1) is 0 Å². The van der Waals surface area contributed by atoms with Gasteiger partial charge >= 0.3 is 11.9 Å². The van der Waals surface area contributed by atoms with E-state index >= 15 is 0 Å². The molecule has 4 atom stereocenters. The molecule has 7 N–H and O–H groups in total. The third kappa shape index (κ3) is 11.0. The van der Waals surface area contributed by atoms with Crippen LogP contribution in [0.15, 0.2) is 0 Å². The number of nitrogens with two attached hydrogens (primary N) is 1. The number of carboxylic acids is 2. The molecule has 0 spiro atoms. The maximum absolute atomic E-state index is 12.8. The van der Waals surface area contributed by atoms with Crippen molar-refractivity contribution >= 4 is 41.4 Å². The van der Waals surface area contributed by atoms with Crippen molar-refractivity contribution in [1.29, 1.82) is 0 Å². The fourth-order valence-corrected chi connectivity index (χ4v) is 2.89. The van der Waals surface area contributed by atoms with Crippen LogP contribution in [0.5, 0.6) is 0 Å². The Morgan fingerprint density at radius 1 is 0.967 bits per heavy atom. The van der Waals surface area contributed by atoms with E-state index in [2.05, 4.69) is 16.0 Å². The van der Waals surface area contributed by atoms with Crippen molar-refractivity contribution < 1.29 is 34.2 Å². The van der Waals surface area contributed by atoms with Gasteiger partial charge in [-0.25, -0.2) is 0 Å². The number of hydrogen-bond donors (Lipinski definition) is 6. The van der Waals surface area contributed by atoms with Crippen LogP contribution in [-0.4, -0.2) is 76.6 Å². The van der Waals surface area contributed by atoms with Crippen molar-refractivity contribution in [2.24, 2.45) is 11.7 Å². The summed E-state index contributed by atoms with van der Waals surface area (Å²) in [5.74, 6) is -3.92. The van der Waals surface area contributed by atoms with E-state index in [-0.39, 0.29) is 25.2 Å². The monoisotopic (exact) mass is 448 g/mol. The van der Waals surface area contributed by atoms with Gasteiger partial charge in [0.2, 0.25) is 17.7 Å². The van der Waals surface area contributed by atoms with Crippen LogP contribution in [0.1, 0.15) is 39.5 Å². The van der Waals surface area contributed by atoms with Crippen LogP contribution in [0.25, 0.3) is 0 Å². The maximum atomic E-state index is 12.8. The summed E-state index contributed by atoms with van der Waals surface area (Å²) in [6.07, 6.45) is 2.29. The average molecular weight is 449 g/mol. The van der Waals surface area contributed by atoms with Crippen LogP contribution in [0.4, 0.5) is 0 Å². The number of carboxylic acid groups (broad SMARTS) is 2. The fourth-order valence-electron chi connectivity index (χ4n) is 2.42. The molecule has 11 nitrogen and oxygen atoms in total. The Morgan fingerprint density at radius 3 is 2.10 bits per heavy atom. The first kappa shape index (κ1) is 27.7. The predicted molar refractivity (Wildman–Crippen MR) is 112 cm³/mol. The third-order valence-electron chi connectivity index (χ3n) is 4.46. The topological polar surface area (TPSA) is 188 Å². The van der Waals surface area contributed by atoms with Gasteiger partial charge in [-0.05, 0) is 30.8 Å². The highest BCUT2D eigenvalue weighted by Gasteiger charge is 2.30. The molecule has 0 heterocycles. The summed E-state index contributed by atoms with van der Waals surface area (Å²) in [5.41, 5.74) is 5.70. The Bertz CT molecular complexity index is 617. The van der Waals surface area contributed by atoms with Gasteiger partial charge in [-0.2, -0.15) is 11.8 Å². The summed E-state index contributed by atoms with van der Waals surface area (Å²) < 4.78 is 0. The van der Waals surface area contributed by atoms with Gasteiger partial charge in [0, 0.05) is 6.42 Å². The van der Waals surface area contributed by atoms with Gasteiger partial charge < -0.3 is 31.9 Å². The highest BCUT2D eigenvalue weighted by molar-refractivity contribution is 7.98. The number of rotatable bonds is 15. The van der Waals surface area contributed by atoms with Crippen LogP contribution in [0, 0.1) is 5.92 Å². The minimum absolute atomic E-state index is 0.0783. The smallest absolute Gasteiger partial charge is 0.322 e. The van der Waals surface area contributed by atoms with Crippen LogP contribution in [-0.2, 0) is 24.0 Å². The molecule has 0 bridgehead atoms. The lowest BCUT2D eigenvalue weighted by atomic mass is 9.97. The molecule has 0 radical (unpaired) electrons. The van der Waals surface area contributed by atoms with E-state index in [4.69, 9.17) is 15.9 Å². The van der Waals surface area contributed by atoms with E-state index in [1.807, 2.05) is 13.2 Å². The van der Waals surface area contributed by atoms with Crippen molar-refractivity contribution in [2.45, 2.75) is 57.7 Å². The van der Waals surface area contributed by atoms with Crippen molar-refractivity contribution in [3.05, 3.63) is 0 Å². The number of thioether (sulfide) groups is 1. The predicted octanol–water partition coefficient (Wildman–Crippen LogP) is -0.852. The molecule has 0 aromatic carbocycles. The SMILES string of the molecule is CCC(C)C(NC(=O)C(CCSC)NC(=O)C(N)CCC(=O)O)C(=O)NCC(=O)O. The Labute approximate surface area is 179 Å². The molecule has 0 aromatic rings. The lowest BCUT2D eigenvalue weighted by Gasteiger charge is -2.26. The first-order chi connectivity index (χ1) is 14.0. The maximum Gasteiger partial charge on any atom is 0.322 e. The lowest BCUT2D eigenvalue weighted by molar-refractivity contribution is -0.139. The van der Waals surface area contributed by atoms with Crippen molar-refractivity contribution in [3.8, 4) is 0 Å². The van der Waals surface area contributed by atoms with E-state index < -0.39 is 54.3 Å². The zero-order chi connectivity index (χ0) is 23.3. The Balaban J connectivity index is 5.22. The number of hydrogen-bond acceptors (Lipinski definition) is 7. The van der Waals surface area contributed by atoms with Gasteiger partial charge in [0.15, 0.2) is 0 Å². The van der Waals surface area contributed by atoms with E-state index in [1.165, 1.54) is 11.8 Å². The van der Waals surface area contributed by atoms with E-state index in [1.54, 1.807) is 6.92 Å². The minimum atomic E-state index is -1.21. The zero-order valence-electron chi connectivity index (χ0n) is 17.5. The van der Waals surface area contributed by atoms with Gasteiger partial charge in [-0.3, -0.25) is 24.0 Å². The molecule has 0 saturated carbocycles. The molecular weight excluding hydrogens is 416 g/mol. The van der Waals surface area contributed by atoms with E-state index in [9.17, 15) is 24.0 Å². The highest BCUT2D eigenvalue weighted by atomic mass is 32.2. The lowest BCUT2D eigenvalue weighted by Crippen LogP contribution is -2.57. The number of aliphatic carboxylic acids is 2. The van der Waals surface area contributed by atoms with Crippen LogP contribution < -0.4 is 21.7 Å². The largest absolute Gasteiger partial charge is 0.481 e. The molecule has 0 aliphatic carbocycles. The summed E-state index contributed by atoms with van der Waals surface area (Å²) >= 11 is 1.46. The zero-order valence-corrected chi connectivity index (χ0v) is 18.3. The van der Waals surface area contributed by atoms with Gasteiger partial charge in [0.25, 0.3) is 0 Å². The molecule has 0 rings (SSSR count). The molecule has 0 aromatic heterocycles. The normalized spacial score (nSPS) is 14.7. The minimum Gasteiger partial charge on any atom is -0.481 e. The average Bonchev–Trinajstić information content (AvgIpc) is 2.70. The standard InChI is InChI=1S/C18H32N4O7S/c1-4-10(2)15(18(29)20-9-14(25)26)22-17(28)12(7-8-30-3)21-16(27)11(19)5-6-13(23)24/h10-12,15H,4-9,19H2,1-3H3,(H,20,29)(H,21,27)(H,22,28)(H,23,24)(H,25,26). The molecule has 12 heteroatoms. The van der Waals surface area contributed by atoms with Crippen LogP contribution >= 0.6 is 11.8 Å². The molecule has 0 saturated heterocycles. The molecule has 4 unspecified atom stereocenters. The summed E-state index contributed by atoms with van der Waals surface area (Å²) in [5, 5.41) is 24.8. The summed E-state index contributed by atoms with van der Waals surface area (Å²) in [4.78, 5) is 58.7. The summed E-state index contributed by atoms with van der Waals surface area (Å²) in [6.45, 7) is 2.98. The number of carbonyl (C=O) groups is 5. The van der Waals surface area contributed by atoms with Crippen LogP contribution in [0.2, 0.25) is 0 Å². The molecular formula is C18H32N4O7S. The second-order valence-electron chi connectivity index (χ2n) is 6.86. The van der Waals surface area contributed by atoms with E-state index in [0.717, 1.165) is 0 Å². The first-order valence-electron chi connectivity index (χ1n) is 9.59. The Hall–Kier alpha value is -2.34. The highest BCUT2D eigenvalue weighted by Crippen LogP contribution is 2.10. The van der Waals surface area contributed by atoms with Gasteiger partial charge in [0.05, 0.1) is 6.04 Å². The van der Waals surface area contributed by atoms with Gasteiger partial charge in [0.1, 0.15) is 18.6 Å². The molecule has 3 amide bonds. The van der Waals surface area contributed by atoms with Crippen molar-refractivity contribution in [2.75, 3.05) is 18.6 Å². The van der Waals surface area contributed by atoms with E-state index in [0.29, 0.717) is 12.2 Å². The molecule has 172 valence electrons. The number of carbonyl (C=O) groups excluding carboxylic acids is 3. The molecule has 0 aliphatic rings. The Kier molecular flexibility index (Phi) is 13.5. The number of amides is 3.